The van der Waals surface area contributed by atoms with Crippen LogP contribution < -0.4 is 32.3 Å². The van der Waals surface area contributed by atoms with Crippen LogP contribution in [-0.2, 0) is 44.8 Å². The van der Waals surface area contributed by atoms with Gasteiger partial charge in [-0.05, 0) is 55.7 Å². The minimum Gasteiger partial charge on any atom is -0.507 e. The Hall–Kier alpha value is -6.28. The van der Waals surface area contributed by atoms with Crippen molar-refractivity contribution < 1.29 is 58.8 Å². The van der Waals surface area contributed by atoms with Gasteiger partial charge in [-0.1, -0.05) is 96.1 Å². The Bertz CT molecular complexity index is 2090. The van der Waals surface area contributed by atoms with Crippen LogP contribution >= 0.6 is 0 Å². The van der Waals surface area contributed by atoms with Gasteiger partial charge in [0.1, 0.15) is 47.8 Å². The third-order valence-corrected chi connectivity index (χ3v) is 12.3. The van der Waals surface area contributed by atoms with Crippen LogP contribution in [0, 0.1) is 0 Å². The summed E-state index contributed by atoms with van der Waals surface area (Å²) < 4.78 is 0. The summed E-state index contributed by atoms with van der Waals surface area (Å²) in [7, 11) is 2.68. The molecule has 3 unspecified atom stereocenters. The molecule has 20 heteroatoms. The van der Waals surface area contributed by atoms with Gasteiger partial charge in [-0.25, -0.2) is 0 Å². The third kappa shape index (κ3) is 18.0. The normalized spacial score (nSPS) is 17.2. The van der Waals surface area contributed by atoms with Gasteiger partial charge in [0.25, 0.3) is 0 Å². The molecule has 1 aliphatic rings. The van der Waals surface area contributed by atoms with Gasteiger partial charge in [-0.3, -0.25) is 38.4 Å². The van der Waals surface area contributed by atoms with Crippen LogP contribution in [0.25, 0.3) is 11.1 Å². The number of carbonyl (C=O) groups excluding carboxylic acids is 8. The molecule has 0 radical (unpaired) electrons. The van der Waals surface area contributed by atoms with E-state index in [1.54, 1.807) is 0 Å². The fourth-order valence-electron chi connectivity index (χ4n) is 7.92. The number of aromatic hydroxyl groups is 2. The van der Waals surface area contributed by atoms with Gasteiger partial charge in [0.05, 0.1) is 19.7 Å². The van der Waals surface area contributed by atoms with Crippen molar-refractivity contribution in [3.63, 3.8) is 0 Å². The average Bonchev–Trinajstić information content (AvgIpc) is 3.31. The van der Waals surface area contributed by atoms with Crippen molar-refractivity contribution in [2.75, 3.05) is 33.8 Å². The fourth-order valence-corrected chi connectivity index (χ4v) is 7.92. The number of nitrogens with two attached hydrogens (primary N) is 1. The van der Waals surface area contributed by atoms with Crippen LogP contribution in [0.5, 0.6) is 11.5 Å². The quantitative estimate of drug-likeness (QED) is 0.0603. The first-order chi connectivity index (χ1) is 32.8. The molecule has 11 N–H and O–H groups in total. The minimum atomic E-state index is -1.72. The first kappa shape index (κ1) is 57.0. The molecule has 2 aromatic rings. The SMILES string of the molecule is CCCCCCCCCCCCCCCC(=O)N(C)C(CO)C(=O)N[C@H](C)C(=O)NCC(=O)N(C)[C@@H]1C(=O)N[C@@H](C)C(=O)NC(C(=O)NCC(O)C(N)=O)Cc2ccc(O)c(c2)-c2cc1ccc2O. The molecule has 0 spiro atoms. The van der Waals surface area contributed by atoms with Crippen LogP contribution in [0.3, 0.4) is 0 Å². The lowest BCUT2D eigenvalue weighted by Crippen LogP contribution is -2.56. The number of phenols is 2. The summed E-state index contributed by atoms with van der Waals surface area (Å²) in [5.74, 6) is -6.96. The summed E-state index contributed by atoms with van der Waals surface area (Å²) in [6.07, 6.45) is 13.3. The highest BCUT2D eigenvalue weighted by molar-refractivity contribution is 5.97. The number of fused-ring (bicyclic) bond motifs is 5. The molecule has 1 heterocycles. The van der Waals surface area contributed by atoms with Gasteiger partial charge < -0.3 is 62.5 Å². The molecule has 4 bridgehead atoms. The second kappa shape index (κ2) is 28.9. The monoisotopic (exact) mass is 967 g/mol. The zero-order valence-corrected chi connectivity index (χ0v) is 40.7. The van der Waals surface area contributed by atoms with Gasteiger partial charge in [-0.2, -0.15) is 0 Å². The molecule has 3 rings (SSSR count). The van der Waals surface area contributed by atoms with E-state index in [0.717, 1.165) is 35.5 Å². The Labute approximate surface area is 404 Å². The van der Waals surface area contributed by atoms with Crippen LogP contribution in [0.2, 0.25) is 0 Å². The molecule has 0 fully saturated rings. The van der Waals surface area contributed by atoms with E-state index in [1.807, 2.05) is 0 Å². The van der Waals surface area contributed by atoms with E-state index >= 15 is 0 Å². The molecule has 20 nitrogen and oxygen atoms in total. The Balaban J connectivity index is 1.65. The van der Waals surface area contributed by atoms with Gasteiger partial charge in [0.15, 0.2) is 0 Å². The standard InChI is InChI=1S/C49H74N8O12/c1-6-7-8-9-10-11-12-13-14-15-16-17-18-19-41(62)56(4)37(29-58)48(68)53-30(2)45(65)52-28-42(63)57(5)43-33-21-23-39(60)35(26-33)34-24-32(20-22-38(34)59)25-36(47(67)51-27-40(61)44(50)64)55-46(66)31(3)54-49(43)69/h20-24,26,30-31,36-37,40,43,58-61H,6-19,25,27-29H2,1-5H3,(H2,50,64)(H,51,67)(H,52,65)(H,53,68)(H,54,69)(H,55,66)/t30-,31+,36?,37?,40?,43+/m1/s1. The molecule has 0 saturated carbocycles. The van der Waals surface area contributed by atoms with E-state index in [1.165, 1.54) is 116 Å². The van der Waals surface area contributed by atoms with Crippen molar-refractivity contribution in [1.82, 2.24) is 36.4 Å². The average molecular weight is 967 g/mol. The van der Waals surface area contributed by atoms with Gasteiger partial charge in [0, 0.05) is 38.1 Å². The van der Waals surface area contributed by atoms with Crippen molar-refractivity contribution >= 4 is 47.3 Å². The van der Waals surface area contributed by atoms with E-state index in [4.69, 9.17) is 5.73 Å². The van der Waals surface area contributed by atoms with Gasteiger partial charge >= 0.3 is 0 Å². The smallest absolute Gasteiger partial charge is 0.248 e. The number of benzene rings is 2. The number of hydrogen-bond acceptors (Lipinski definition) is 12. The molecule has 2 aromatic carbocycles. The lowest BCUT2D eigenvalue weighted by Gasteiger charge is -2.30. The van der Waals surface area contributed by atoms with Crippen molar-refractivity contribution in [3.05, 3.63) is 47.5 Å². The zero-order valence-electron chi connectivity index (χ0n) is 40.7. The Morgan fingerprint density at radius 3 is 1.91 bits per heavy atom. The van der Waals surface area contributed by atoms with Crippen LogP contribution in [0.1, 0.15) is 128 Å². The number of unbranched alkanes of at least 4 members (excludes halogenated alkanes) is 12. The van der Waals surface area contributed by atoms with E-state index in [0.29, 0.717) is 12.0 Å². The molecular formula is C49H74N8O12. The summed E-state index contributed by atoms with van der Waals surface area (Å²) in [4.78, 5) is 107. The summed E-state index contributed by atoms with van der Waals surface area (Å²) >= 11 is 0. The molecule has 0 aliphatic carbocycles. The largest absolute Gasteiger partial charge is 0.507 e. The maximum absolute atomic E-state index is 14.1. The second-order valence-corrected chi connectivity index (χ2v) is 17.8. The maximum atomic E-state index is 14.1. The van der Waals surface area contributed by atoms with Gasteiger partial charge in [0.2, 0.25) is 47.3 Å². The van der Waals surface area contributed by atoms with Crippen molar-refractivity contribution in [2.24, 2.45) is 5.73 Å². The van der Waals surface area contributed by atoms with Gasteiger partial charge in [-0.15, -0.1) is 0 Å². The highest BCUT2D eigenvalue weighted by Gasteiger charge is 2.34. The third-order valence-electron chi connectivity index (χ3n) is 12.3. The second-order valence-electron chi connectivity index (χ2n) is 17.8. The number of phenolic OH excluding ortho intramolecular Hbond substituents is 2. The lowest BCUT2D eigenvalue weighted by molar-refractivity contribution is -0.142. The summed E-state index contributed by atoms with van der Waals surface area (Å²) in [5, 5.41) is 54.1. The maximum Gasteiger partial charge on any atom is 0.248 e. The summed E-state index contributed by atoms with van der Waals surface area (Å²) in [5.41, 5.74) is 5.73. The molecule has 382 valence electrons. The van der Waals surface area contributed by atoms with Crippen LogP contribution in [-0.4, -0.2) is 142 Å². The highest BCUT2D eigenvalue weighted by atomic mass is 16.3. The van der Waals surface area contributed by atoms with Crippen LogP contribution in [0.15, 0.2) is 36.4 Å². The number of nitrogens with one attached hydrogen (secondary N) is 5. The number of amides is 8. The topological polar surface area (TPSA) is 310 Å². The van der Waals surface area contributed by atoms with Crippen molar-refractivity contribution in [1.29, 1.82) is 0 Å². The number of aliphatic hydroxyl groups is 2. The number of hydrogen-bond donors (Lipinski definition) is 10. The van der Waals surface area contributed by atoms with Crippen molar-refractivity contribution in [3.8, 4) is 22.6 Å². The summed E-state index contributed by atoms with van der Waals surface area (Å²) in [6.45, 7) is 2.96. The number of nitrogens with zero attached hydrogens (tertiary/aromatic N) is 2. The molecular weight excluding hydrogens is 893 g/mol. The number of primary amides is 1. The van der Waals surface area contributed by atoms with E-state index in [9.17, 15) is 58.8 Å². The fraction of sp³-hybridized carbons (Fsp3) is 0.592. The van der Waals surface area contributed by atoms with E-state index in [2.05, 4.69) is 33.5 Å². The Morgan fingerprint density at radius 1 is 0.768 bits per heavy atom. The molecule has 0 aromatic heterocycles. The highest BCUT2D eigenvalue weighted by Crippen LogP contribution is 2.38. The Kier molecular flexibility index (Phi) is 23.9. The number of carbonyl (C=O) groups is 8. The number of likely N-dealkylation sites (N-methyl/N-ethyl adjacent to an activating group) is 2. The number of aliphatic hydroxyl groups excluding tert-OH is 2. The lowest BCUT2D eigenvalue weighted by atomic mass is 9.93. The predicted molar refractivity (Wildman–Crippen MR) is 257 cm³/mol. The number of rotatable bonds is 26. The zero-order chi connectivity index (χ0) is 51.2. The van der Waals surface area contributed by atoms with Crippen molar-refractivity contribution in [2.45, 2.75) is 153 Å². The summed E-state index contributed by atoms with van der Waals surface area (Å²) in [6, 6.07) is 1.53. The predicted octanol–water partition coefficient (Wildman–Crippen LogP) is 1.69. The molecule has 6 atom stereocenters. The first-order valence-corrected chi connectivity index (χ1v) is 24.0. The van der Waals surface area contributed by atoms with Crippen LogP contribution in [0.4, 0.5) is 0 Å². The Morgan fingerprint density at radius 2 is 1.33 bits per heavy atom. The molecule has 0 saturated heterocycles. The van der Waals surface area contributed by atoms with E-state index < -0.39 is 97.4 Å². The molecule has 8 amide bonds. The molecule has 69 heavy (non-hydrogen) atoms. The minimum absolute atomic E-state index is 0.0382. The van der Waals surface area contributed by atoms with E-state index in [-0.39, 0.29) is 46.9 Å². The molecule has 1 aliphatic heterocycles. The first-order valence-electron chi connectivity index (χ1n) is 24.0.